The fourth-order valence-electron chi connectivity index (χ4n) is 2.02. The van der Waals surface area contributed by atoms with Crippen molar-refractivity contribution in [2.75, 3.05) is 11.1 Å². The summed E-state index contributed by atoms with van der Waals surface area (Å²) in [5.41, 5.74) is 0.0106. The lowest BCUT2D eigenvalue weighted by Gasteiger charge is -2.21. The average molecular weight is 334 g/mol. The second-order valence-corrected chi connectivity index (χ2v) is 6.61. The second-order valence-electron chi connectivity index (χ2n) is 4.46. The number of carboxylic acid groups (broad SMARTS) is 1. The molecular formula is C13H13Cl2NO3S. The molecule has 1 fully saturated rings. The molecule has 0 spiro atoms. The third-order valence-electron chi connectivity index (χ3n) is 3.01. The van der Waals surface area contributed by atoms with Gasteiger partial charge in [-0.25, -0.2) is 4.79 Å². The number of carbonyl (C=O) groups is 2. The van der Waals surface area contributed by atoms with Gasteiger partial charge < -0.3 is 10.4 Å². The van der Waals surface area contributed by atoms with E-state index in [1.165, 1.54) is 12.1 Å². The predicted octanol–water partition coefficient (Wildman–Crippen LogP) is 3.92. The molecule has 1 aliphatic rings. The summed E-state index contributed by atoms with van der Waals surface area (Å²) in [6.07, 6.45) is 2.91. The van der Waals surface area contributed by atoms with Gasteiger partial charge in [-0.05, 0) is 30.7 Å². The van der Waals surface area contributed by atoms with Crippen LogP contribution < -0.4 is 5.32 Å². The number of aromatic carboxylic acids is 1. The Morgan fingerprint density at radius 1 is 1.30 bits per heavy atom. The largest absolute Gasteiger partial charge is 0.478 e. The van der Waals surface area contributed by atoms with Gasteiger partial charge in [-0.3, -0.25) is 4.79 Å². The topological polar surface area (TPSA) is 66.4 Å². The van der Waals surface area contributed by atoms with Crippen LogP contribution >= 0.6 is 35.0 Å². The van der Waals surface area contributed by atoms with E-state index in [1.54, 1.807) is 11.8 Å². The maximum atomic E-state index is 12.2. The van der Waals surface area contributed by atoms with Crippen molar-refractivity contribution >= 4 is 52.5 Å². The number of carboxylic acids is 1. The molecule has 0 aliphatic carbocycles. The van der Waals surface area contributed by atoms with E-state index in [1.807, 2.05) is 0 Å². The van der Waals surface area contributed by atoms with E-state index >= 15 is 0 Å². The zero-order valence-corrected chi connectivity index (χ0v) is 12.8. The molecule has 2 rings (SSSR count). The minimum Gasteiger partial charge on any atom is -0.478 e. The van der Waals surface area contributed by atoms with Crippen LogP contribution in [0.15, 0.2) is 12.1 Å². The summed E-state index contributed by atoms with van der Waals surface area (Å²) >= 11 is 13.4. The Bertz CT molecular complexity index is 545. The smallest absolute Gasteiger partial charge is 0.337 e. The van der Waals surface area contributed by atoms with Crippen molar-refractivity contribution in [1.82, 2.24) is 0 Å². The van der Waals surface area contributed by atoms with Crippen LogP contribution in [0.2, 0.25) is 10.0 Å². The first kappa shape index (κ1) is 15.5. The molecule has 108 valence electrons. The lowest BCUT2D eigenvalue weighted by atomic mass is 10.1. The summed E-state index contributed by atoms with van der Waals surface area (Å²) in [7, 11) is 0. The molecule has 1 amide bonds. The van der Waals surface area contributed by atoms with Crippen LogP contribution in [0.4, 0.5) is 5.69 Å². The van der Waals surface area contributed by atoms with Gasteiger partial charge in [-0.1, -0.05) is 29.6 Å². The van der Waals surface area contributed by atoms with Gasteiger partial charge in [0.15, 0.2) is 0 Å². The number of anilines is 1. The molecule has 1 atom stereocenters. The highest BCUT2D eigenvalue weighted by Gasteiger charge is 2.24. The molecule has 1 aromatic rings. The van der Waals surface area contributed by atoms with Crippen molar-refractivity contribution < 1.29 is 14.7 Å². The Morgan fingerprint density at radius 3 is 2.65 bits per heavy atom. The maximum absolute atomic E-state index is 12.2. The molecule has 0 bridgehead atoms. The van der Waals surface area contributed by atoms with Gasteiger partial charge >= 0.3 is 5.97 Å². The number of benzene rings is 1. The molecule has 1 heterocycles. The van der Waals surface area contributed by atoms with Gasteiger partial charge in [0, 0.05) is 5.02 Å². The number of rotatable bonds is 3. The summed E-state index contributed by atoms with van der Waals surface area (Å²) in [5, 5.41) is 12.0. The van der Waals surface area contributed by atoms with Gasteiger partial charge in [0.1, 0.15) is 0 Å². The summed E-state index contributed by atoms with van der Waals surface area (Å²) in [5.74, 6) is -0.444. The van der Waals surface area contributed by atoms with Gasteiger partial charge in [0.2, 0.25) is 5.91 Å². The molecule has 2 N–H and O–H groups in total. The highest BCUT2D eigenvalue weighted by Crippen LogP contribution is 2.32. The number of nitrogens with one attached hydrogen (secondary N) is 1. The lowest BCUT2D eigenvalue weighted by Crippen LogP contribution is -2.28. The Hall–Kier alpha value is -0.910. The normalized spacial score (nSPS) is 18.6. The second kappa shape index (κ2) is 6.70. The first-order valence-electron chi connectivity index (χ1n) is 6.14. The molecule has 0 radical (unpaired) electrons. The molecule has 7 heteroatoms. The third-order valence-corrected chi connectivity index (χ3v) is 4.90. The van der Waals surface area contributed by atoms with Crippen molar-refractivity contribution in [2.24, 2.45) is 0 Å². The number of hydrogen-bond donors (Lipinski definition) is 2. The third kappa shape index (κ3) is 3.59. The van der Waals surface area contributed by atoms with E-state index in [-0.39, 0.29) is 32.5 Å². The first-order chi connectivity index (χ1) is 9.49. The van der Waals surface area contributed by atoms with Crippen LogP contribution in [0.25, 0.3) is 0 Å². The Labute approximate surface area is 130 Å². The quantitative estimate of drug-likeness (QED) is 0.879. The van der Waals surface area contributed by atoms with Crippen molar-refractivity contribution in [1.29, 1.82) is 0 Å². The van der Waals surface area contributed by atoms with Crippen molar-refractivity contribution in [3.63, 3.8) is 0 Å². The van der Waals surface area contributed by atoms with E-state index < -0.39 is 5.97 Å². The van der Waals surface area contributed by atoms with E-state index in [9.17, 15) is 9.59 Å². The number of halogens is 2. The summed E-state index contributed by atoms with van der Waals surface area (Å²) in [6.45, 7) is 0. The number of carbonyl (C=O) groups excluding carboxylic acids is 1. The zero-order chi connectivity index (χ0) is 14.7. The van der Waals surface area contributed by atoms with Gasteiger partial charge in [0.05, 0.1) is 21.5 Å². The molecule has 1 unspecified atom stereocenters. The van der Waals surface area contributed by atoms with Crippen molar-refractivity contribution in [3.05, 3.63) is 27.7 Å². The SMILES string of the molecule is O=C(O)c1cc(Cl)cc(Cl)c1NC(=O)C1CCCCS1. The average Bonchev–Trinajstić information content (AvgIpc) is 2.42. The van der Waals surface area contributed by atoms with E-state index in [2.05, 4.69) is 5.32 Å². The fourth-order valence-corrected chi connectivity index (χ4v) is 3.76. The van der Waals surface area contributed by atoms with Gasteiger partial charge in [-0.15, -0.1) is 11.8 Å². The molecule has 1 saturated heterocycles. The Kier molecular flexibility index (Phi) is 5.18. The number of amides is 1. The van der Waals surface area contributed by atoms with Crippen LogP contribution in [0.3, 0.4) is 0 Å². The van der Waals surface area contributed by atoms with E-state index in [4.69, 9.17) is 28.3 Å². The van der Waals surface area contributed by atoms with Crippen LogP contribution in [-0.4, -0.2) is 28.0 Å². The molecule has 0 saturated carbocycles. The van der Waals surface area contributed by atoms with Crippen LogP contribution in [0.5, 0.6) is 0 Å². The summed E-state index contributed by atoms with van der Waals surface area (Å²) in [4.78, 5) is 23.4. The van der Waals surface area contributed by atoms with Crippen molar-refractivity contribution in [2.45, 2.75) is 24.5 Å². The first-order valence-corrected chi connectivity index (χ1v) is 7.94. The molecule has 0 aromatic heterocycles. The highest BCUT2D eigenvalue weighted by molar-refractivity contribution is 8.00. The monoisotopic (exact) mass is 333 g/mol. The van der Waals surface area contributed by atoms with Crippen LogP contribution in [-0.2, 0) is 4.79 Å². The van der Waals surface area contributed by atoms with Gasteiger partial charge in [0.25, 0.3) is 0 Å². The molecule has 1 aliphatic heterocycles. The maximum Gasteiger partial charge on any atom is 0.337 e. The molecular weight excluding hydrogens is 321 g/mol. The predicted molar refractivity (Wildman–Crippen MR) is 82.1 cm³/mol. The summed E-state index contributed by atoms with van der Waals surface area (Å²) in [6, 6.07) is 2.69. The van der Waals surface area contributed by atoms with Gasteiger partial charge in [-0.2, -0.15) is 0 Å². The highest BCUT2D eigenvalue weighted by atomic mass is 35.5. The molecule has 4 nitrogen and oxygen atoms in total. The minimum atomic E-state index is -1.18. The lowest BCUT2D eigenvalue weighted by molar-refractivity contribution is -0.115. The van der Waals surface area contributed by atoms with Crippen LogP contribution in [0.1, 0.15) is 29.6 Å². The Morgan fingerprint density at radius 2 is 2.05 bits per heavy atom. The zero-order valence-electron chi connectivity index (χ0n) is 10.5. The standard InChI is InChI=1S/C13H13Cl2NO3S/c14-7-5-8(13(18)19)11(9(15)6-7)16-12(17)10-3-1-2-4-20-10/h5-6,10H,1-4H2,(H,16,17)(H,18,19). The fraction of sp³-hybridized carbons (Fsp3) is 0.385. The minimum absolute atomic E-state index is 0.100. The summed E-state index contributed by atoms with van der Waals surface area (Å²) < 4.78 is 0. The van der Waals surface area contributed by atoms with E-state index in [0.29, 0.717) is 0 Å². The van der Waals surface area contributed by atoms with E-state index in [0.717, 1.165) is 25.0 Å². The number of hydrogen-bond acceptors (Lipinski definition) is 3. The molecule has 1 aromatic carbocycles. The van der Waals surface area contributed by atoms with Crippen molar-refractivity contribution in [3.8, 4) is 0 Å². The van der Waals surface area contributed by atoms with Crippen LogP contribution in [0, 0.1) is 0 Å². The number of thioether (sulfide) groups is 1. The Balaban J connectivity index is 2.23. The molecule has 20 heavy (non-hydrogen) atoms.